The molecule has 5 nitrogen and oxygen atoms in total. The van der Waals surface area contributed by atoms with Gasteiger partial charge in [0.05, 0.1) is 5.54 Å². The Labute approximate surface area is 153 Å². The first kappa shape index (κ1) is 25.7. The van der Waals surface area contributed by atoms with Crippen LogP contribution in [0.25, 0.3) is 0 Å². The SMILES string of the molecule is CCCC(=O)C=C(C)C(=O)O.CCCCCCCCCC(C)(N)C=O. The van der Waals surface area contributed by atoms with Crippen LogP contribution in [0.15, 0.2) is 11.6 Å². The molecule has 0 rings (SSSR count). The first-order chi connectivity index (χ1) is 11.7. The monoisotopic (exact) mass is 355 g/mol. The maximum atomic E-state index is 10.8. The molecule has 0 heterocycles. The number of carbonyl (C=O) groups excluding carboxylic acids is 2. The molecule has 5 heteroatoms. The fraction of sp³-hybridized carbons (Fsp3) is 0.750. The van der Waals surface area contributed by atoms with Crippen molar-refractivity contribution in [2.45, 2.75) is 97.4 Å². The van der Waals surface area contributed by atoms with E-state index in [2.05, 4.69) is 6.92 Å². The summed E-state index contributed by atoms with van der Waals surface area (Å²) >= 11 is 0. The Bertz CT molecular complexity index is 414. The molecule has 1 atom stereocenters. The summed E-state index contributed by atoms with van der Waals surface area (Å²) < 4.78 is 0. The molecule has 25 heavy (non-hydrogen) atoms. The Balaban J connectivity index is 0. The maximum absolute atomic E-state index is 10.8. The van der Waals surface area contributed by atoms with Gasteiger partial charge in [0.25, 0.3) is 0 Å². The lowest BCUT2D eigenvalue weighted by Gasteiger charge is -2.15. The van der Waals surface area contributed by atoms with E-state index in [0.29, 0.717) is 6.42 Å². The number of aldehydes is 1. The second kappa shape index (κ2) is 16.0. The van der Waals surface area contributed by atoms with Crippen molar-refractivity contribution in [2.24, 2.45) is 5.73 Å². The average Bonchev–Trinajstić information content (AvgIpc) is 2.54. The van der Waals surface area contributed by atoms with Gasteiger partial charge < -0.3 is 15.6 Å². The van der Waals surface area contributed by atoms with Gasteiger partial charge in [-0.3, -0.25) is 4.79 Å². The van der Waals surface area contributed by atoms with Gasteiger partial charge in [-0.15, -0.1) is 0 Å². The van der Waals surface area contributed by atoms with Crippen molar-refractivity contribution < 1.29 is 19.5 Å². The molecule has 0 aromatic heterocycles. The molecule has 0 aliphatic carbocycles. The molecule has 0 bridgehead atoms. The Morgan fingerprint density at radius 2 is 1.52 bits per heavy atom. The van der Waals surface area contributed by atoms with Gasteiger partial charge in [0.1, 0.15) is 6.29 Å². The van der Waals surface area contributed by atoms with Crippen molar-refractivity contribution in [2.75, 3.05) is 0 Å². The molecular weight excluding hydrogens is 318 g/mol. The third-order valence-corrected chi connectivity index (χ3v) is 3.80. The number of carboxylic acids is 1. The van der Waals surface area contributed by atoms with E-state index in [0.717, 1.165) is 25.5 Å². The number of carboxylic acid groups (broad SMARTS) is 1. The van der Waals surface area contributed by atoms with E-state index in [-0.39, 0.29) is 11.4 Å². The van der Waals surface area contributed by atoms with Gasteiger partial charge in [-0.25, -0.2) is 4.79 Å². The number of rotatable bonds is 13. The van der Waals surface area contributed by atoms with Gasteiger partial charge in [-0.05, 0) is 32.8 Å². The zero-order chi connectivity index (χ0) is 19.7. The van der Waals surface area contributed by atoms with Crippen LogP contribution in [0.4, 0.5) is 0 Å². The number of nitrogens with two attached hydrogens (primary N) is 1. The second-order valence-corrected chi connectivity index (χ2v) is 6.84. The molecule has 3 N–H and O–H groups in total. The highest BCUT2D eigenvalue weighted by atomic mass is 16.4. The number of hydrogen-bond donors (Lipinski definition) is 2. The molecule has 0 aromatic carbocycles. The minimum atomic E-state index is -1.03. The average molecular weight is 356 g/mol. The Morgan fingerprint density at radius 1 is 1.00 bits per heavy atom. The van der Waals surface area contributed by atoms with Crippen LogP contribution in [0, 0.1) is 0 Å². The van der Waals surface area contributed by atoms with Gasteiger partial charge >= 0.3 is 5.97 Å². The quantitative estimate of drug-likeness (QED) is 0.289. The van der Waals surface area contributed by atoms with Crippen LogP contribution >= 0.6 is 0 Å². The Morgan fingerprint density at radius 3 is 1.96 bits per heavy atom. The lowest BCUT2D eigenvalue weighted by molar-refractivity contribution is -0.132. The first-order valence-corrected chi connectivity index (χ1v) is 9.39. The van der Waals surface area contributed by atoms with E-state index in [4.69, 9.17) is 10.8 Å². The molecule has 146 valence electrons. The topological polar surface area (TPSA) is 97.5 Å². The third kappa shape index (κ3) is 18.7. The molecule has 0 spiro atoms. The number of ketones is 1. The van der Waals surface area contributed by atoms with E-state index >= 15 is 0 Å². The molecule has 0 saturated carbocycles. The van der Waals surface area contributed by atoms with Crippen molar-refractivity contribution >= 4 is 18.0 Å². The van der Waals surface area contributed by atoms with Crippen LogP contribution in [-0.4, -0.2) is 28.7 Å². The van der Waals surface area contributed by atoms with Gasteiger partial charge in [-0.1, -0.05) is 58.8 Å². The summed E-state index contributed by atoms with van der Waals surface area (Å²) in [7, 11) is 0. The molecular formula is C20H37NO4. The first-order valence-electron chi connectivity index (χ1n) is 9.39. The molecule has 0 fully saturated rings. The van der Waals surface area contributed by atoms with Crippen LogP contribution < -0.4 is 5.73 Å². The van der Waals surface area contributed by atoms with Crippen molar-refractivity contribution in [3.8, 4) is 0 Å². The Hall–Kier alpha value is -1.49. The van der Waals surface area contributed by atoms with Gasteiger partial charge in [0.15, 0.2) is 5.78 Å². The number of aliphatic carboxylic acids is 1. The van der Waals surface area contributed by atoms with E-state index < -0.39 is 11.5 Å². The summed E-state index contributed by atoms with van der Waals surface area (Å²) in [5.41, 5.74) is 5.22. The minimum absolute atomic E-state index is 0.100. The maximum Gasteiger partial charge on any atom is 0.331 e. The summed E-state index contributed by atoms with van der Waals surface area (Å²) in [6.07, 6.45) is 12.9. The predicted molar refractivity (Wildman–Crippen MR) is 103 cm³/mol. The van der Waals surface area contributed by atoms with Crippen molar-refractivity contribution in [1.82, 2.24) is 0 Å². The largest absolute Gasteiger partial charge is 0.478 e. The van der Waals surface area contributed by atoms with Crippen molar-refractivity contribution in [1.29, 1.82) is 0 Å². The summed E-state index contributed by atoms with van der Waals surface area (Å²) in [6, 6.07) is 0. The lowest BCUT2D eigenvalue weighted by atomic mass is 9.97. The zero-order valence-corrected chi connectivity index (χ0v) is 16.5. The fourth-order valence-electron chi connectivity index (χ4n) is 2.14. The molecule has 0 aliphatic rings. The minimum Gasteiger partial charge on any atom is -0.478 e. The highest BCUT2D eigenvalue weighted by Gasteiger charge is 2.15. The summed E-state index contributed by atoms with van der Waals surface area (Å²) in [4.78, 5) is 31.5. The Kier molecular flexibility index (Phi) is 16.5. The number of unbranched alkanes of at least 4 members (excludes halogenated alkanes) is 6. The summed E-state index contributed by atoms with van der Waals surface area (Å²) in [5, 5.41) is 8.38. The van der Waals surface area contributed by atoms with Crippen LogP contribution in [-0.2, 0) is 14.4 Å². The van der Waals surface area contributed by atoms with Crippen molar-refractivity contribution in [3.05, 3.63) is 11.6 Å². The van der Waals surface area contributed by atoms with E-state index in [9.17, 15) is 14.4 Å². The second-order valence-electron chi connectivity index (χ2n) is 6.84. The lowest BCUT2D eigenvalue weighted by Crippen LogP contribution is -2.37. The van der Waals surface area contributed by atoms with E-state index in [1.54, 1.807) is 6.92 Å². The van der Waals surface area contributed by atoms with Crippen LogP contribution in [0.3, 0.4) is 0 Å². The fourth-order valence-corrected chi connectivity index (χ4v) is 2.14. The molecule has 0 amide bonds. The predicted octanol–water partition coefficient (Wildman–Crippen LogP) is 4.43. The molecule has 0 saturated heterocycles. The highest BCUT2D eigenvalue weighted by molar-refractivity contribution is 5.98. The number of hydrogen-bond acceptors (Lipinski definition) is 4. The normalized spacial score (nSPS) is 13.4. The van der Waals surface area contributed by atoms with E-state index in [1.165, 1.54) is 51.5 Å². The zero-order valence-electron chi connectivity index (χ0n) is 16.5. The molecule has 0 radical (unpaired) electrons. The molecule has 0 aromatic rings. The van der Waals surface area contributed by atoms with E-state index in [1.807, 2.05) is 6.92 Å². The number of allylic oxidation sites excluding steroid dienone is 1. The van der Waals surface area contributed by atoms with Gasteiger partial charge in [-0.2, -0.15) is 0 Å². The van der Waals surface area contributed by atoms with Gasteiger partial charge in [0.2, 0.25) is 0 Å². The van der Waals surface area contributed by atoms with Crippen LogP contribution in [0.5, 0.6) is 0 Å². The van der Waals surface area contributed by atoms with Crippen LogP contribution in [0.2, 0.25) is 0 Å². The number of carbonyl (C=O) groups is 3. The van der Waals surface area contributed by atoms with Gasteiger partial charge in [0, 0.05) is 12.0 Å². The summed E-state index contributed by atoms with van der Waals surface area (Å²) in [5.74, 6) is -1.15. The summed E-state index contributed by atoms with van der Waals surface area (Å²) in [6.45, 7) is 7.32. The molecule has 1 unspecified atom stereocenters. The highest BCUT2D eigenvalue weighted by Crippen LogP contribution is 2.12. The standard InChI is InChI=1S/C12H25NO.C8H12O3/c1-3-4-5-6-7-8-9-10-12(2,13)11-14;1-3-4-7(9)5-6(2)8(10)11/h11H,3-10,13H2,1-2H3;5H,3-4H2,1-2H3,(H,10,11). The smallest absolute Gasteiger partial charge is 0.331 e. The van der Waals surface area contributed by atoms with Crippen molar-refractivity contribution in [3.63, 3.8) is 0 Å². The third-order valence-electron chi connectivity index (χ3n) is 3.80. The van der Waals surface area contributed by atoms with Crippen LogP contribution in [0.1, 0.15) is 91.9 Å². The molecule has 0 aliphatic heterocycles.